The molecule has 2 nitrogen and oxygen atoms in total. The molecule has 10 heavy (non-hydrogen) atoms. The summed E-state index contributed by atoms with van der Waals surface area (Å²) in [6.45, 7) is 0. The van der Waals surface area contributed by atoms with Crippen molar-refractivity contribution in [3.05, 3.63) is 24.1 Å². The van der Waals surface area contributed by atoms with Crippen molar-refractivity contribution < 1.29 is 4.52 Å². The minimum absolute atomic E-state index is 0.942. The van der Waals surface area contributed by atoms with Crippen LogP contribution in [0.5, 0.6) is 0 Å². The molecule has 2 rings (SSSR count). The number of hydrogen-bond donors (Lipinski definition) is 0. The Bertz CT molecular complexity index is 236. The summed E-state index contributed by atoms with van der Waals surface area (Å²) in [5, 5.41) is 3.65. The standard InChI is InChI=1S/C8H9NO/c1-2-4-7(3-1)8-5-6-9-10-8/h3,5-6H,1-2,4H2. The summed E-state index contributed by atoms with van der Waals surface area (Å²) < 4.78 is 5.00. The minimum atomic E-state index is 0.942. The zero-order chi connectivity index (χ0) is 6.81. The highest BCUT2D eigenvalue weighted by atomic mass is 16.5. The van der Waals surface area contributed by atoms with E-state index < -0.39 is 0 Å². The third kappa shape index (κ3) is 0.856. The van der Waals surface area contributed by atoms with E-state index in [0.29, 0.717) is 0 Å². The first-order valence-corrected chi connectivity index (χ1v) is 3.57. The fourth-order valence-corrected chi connectivity index (χ4v) is 1.28. The van der Waals surface area contributed by atoms with Crippen molar-refractivity contribution in [3.63, 3.8) is 0 Å². The van der Waals surface area contributed by atoms with E-state index >= 15 is 0 Å². The summed E-state index contributed by atoms with van der Waals surface area (Å²) in [5.41, 5.74) is 1.32. The van der Waals surface area contributed by atoms with Crippen molar-refractivity contribution >= 4 is 5.57 Å². The van der Waals surface area contributed by atoms with Crippen molar-refractivity contribution in [2.24, 2.45) is 0 Å². The molecule has 0 radical (unpaired) electrons. The molecule has 1 aromatic rings. The summed E-state index contributed by atoms with van der Waals surface area (Å²) in [4.78, 5) is 0. The number of aromatic nitrogens is 1. The van der Waals surface area contributed by atoms with Gasteiger partial charge in [-0.15, -0.1) is 0 Å². The molecule has 0 N–H and O–H groups in total. The Morgan fingerprint density at radius 1 is 1.50 bits per heavy atom. The fourth-order valence-electron chi connectivity index (χ4n) is 1.28. The van der Waals surface area contributed by atoms with Crippen molar-refractivity contribution in [2.45, 2.75) is 19.3 Å². The van der Waals surface area contributed by atoms with E-state index in [4.69, 9.17) is 4.52 Å². The second-order valence-corrected chi connectivity index (χ2v) is 2.50. The highest BCUT2D eigenvalue weighted by Crippen LogP contribution is 2.26. The Balaban J connectivity index is 2.28. The van der Waals surface area contributed by atoms with Crippen LogP contribution in [0.2, 0.25) is 0 Å². The van der Waals surface area contributed by atoms with Gasteiger partial charge in [0.2, 0.25) is 0 Å². The van der Waals surface area contributed by atoms with Crippen LogP contribution in [0.1, 0.15) is 25.0 Å². The molecule has 0 spiro atoms. The lowest BCUT2D eigenvalue weighted by atomic mass is 10.2. The lowest BCUT2D eigenvalue weighted by molar-refractivity contribution is 0.409. The van der Waals surface area contributed by atoms with E-state index in [1.165, 1.54) is 18.4 Å². The molecule has 1 aliphatic carbocycles. The molecular weight excluding hydrogens is 126 g/mol. The molecule has 0 aliphatic heterocycles. The average Bonchev–Trinajstić information content (AvgIpc) is 2.59. The summed E-state index contributed by atoms with van der Waals surface area (Å²) in [5.74, 6) is 0.942. The molecule has 0 bridgehead atoms. The van der Waals surface area contributed by atoms with Gasteiger partial charge in [-0.25, -0.2) is 0 Å². The maximum Gasteiger partial charge on any atom is 0.162 e. The van der Waals surface area contributed by atoms with Crippen LogP contribution in [0.3, 0.4) is 0 Å². The van der Waals surface area contributed by atoms with Crippen molar-refractivity contribution in [2.75, 3.05) is 0 Å². The number of hydrogen-bond acceptors (Lipinski definition) is 2. The zero-order valence-corrected chi connectivity index (χ0v) is 5.71. The van der Waals surface area contributed by atoms with Crippen LogP contribution in [0.25, 0.3) is 5.57 Å². The van der Waals surface area contributed by atoms with E-state index in [9.17, 15) is 0 Å². The van der Waals surface area contributed by atoms with Crippen LogP contribution in [0.4, 0.5) is 0 Å². The predicted octanol–water partition coefficient (Wildman–Crippen LogP) is 2.24. The first-order valence-electron chi connectivity index (χ1n) is 3.57. The number of allylic oxidation sites excluding steroid dienone is 2. The van der Waals surface area contributed by atoms with E-state index in [-0.39, 0.29) is 0 Å². The van der Waals surface area contributed by atoms with Gasteiger partial charge in [0, 0.05) is 6.07 Å². The third-order valence-electron chi connectivity index (χ3n) is 1.80. The van der Waals surface area contributed by atoms with Crippen LogP contribution >= 0.6 is 0 Å². The SMILES string of the molecule is C1=C(c2ccno2)CCC1. The number of nitrogens with zero attached hydrogens (tertiary/aromatic N) is 1. The zero-order valence-electron chi connectivity index (χ0n) is 5.71. The van der Waals surface area contributed by atoms with Crippen LogP contribution < -0.4 is 0 Å². The van der Waals surface area contributed by atoms with Gasteiger partial charge in [0.1, 0.15) is 0 Å². The van der Waals surface area contributed by atoms with Gasteiger partial charge in [-0.2, -0.15) is 0 Å². The number of rotatable bonds is 1. The van der Waals surface area contributed by atoms with Crippen molar-refractivity contribution in [1.82, 2.24) is 5.16 Å². The van der Waals surface area contributed by atoms with E-state index in [1.54, 1.807) is 6.20 Å². The maximum absolute atomic E-state index is 5.00. The first kappa shape index (κ1) is 5.71. The van der Waals surface area contributed by atoms with Crippen LogP contribution in [0, 0.1) is 0 Å². The Morgan fingerprint density at radius 2 is 2.50 bits per heavy atom. The third-order valence-corrected chi connectivity index (χ3v) is 1.80. The van der Waals surface area contributed by atoms with E-state index in [0.717, 1.165) is 12.2 Å². The molecule has 1 aromatic heterocycles. The summed E-state index contributed by atoms with van der Waals surface area (Å²) in [6.07, 6.45) is 7.51. The van der Waals surface area contributed by atoms with Gasteiger partial charge in [0.15, 0.2) is 5.76 Å². The monoisotopic (exact) mass is 135 g/mol. The van der Waals surface area contributed by atoms with Gasteiger partial charge >= 0.3 is 0 Å². The summed E-state index contributed by atoms with van der Waals surface area (Å²) in [6, 6.07) is 1.91. The lowest BCUT2D eigenvalue weighted by Crippen LogP contribution is -1.72. The molecule has 2 heteroatoms. The lowest BCUT2D eigenvalue weighted by Gasteiger charge is -1.90. The van der Waals surface area contributed by atoms with Crippen molar-refractivity contribution in [1.29, 1.82) is 0 Å². The van der Waals surface area contributed by atoms with Crippen LogP contribution in [0.15, 0.2) is 22.9 Å². The Kier molecular flexibility index (Phi) is 1.31. The summed E-state index contributed by atoms with van der Waals surface area (Å²) in [7, 11) is 0. The predicted molar refractivity (Wildman–Crippen MR) is 38.3 cm³/mol. The van der Waals surface area contributed by atoms with Gasteiger partial charge in [0.25, 0.3) is 0 Å². The molecule has 0 amide bonds. The van der Waals surface area contributed by atoms with Gasteiger partial charge in [-0.1, -0.05) is 11.2 Å². The molecule has 0 saturated heterocycles. The van der Waals surface area contributed by atoms with Gasteiger partial charge in [-0.05, 0) is 24.8 Å². The fraction of sp³-hybridized carbons (Fsp3) is 0.375. The molecule has 0 saturated carbocycles. The maximum atomic E-state index is 5.00. The Hall–Kier alpha value is -1.05. The highest BCUT2D eigenvalue weighted by molar-refractivity contribution is 5.62. The van der Waals surface area contributed by atoms with Crippen LogP contribution in [-0.2, 0) is 0 Å². The Labute approximate surface area is 59.5 Å². The first-order chi connectivity index (χ1) is 4.97. The molecule has 0 atom stereocenters. The topological polar surface area (TPSA) is 26.0 Å². The normalized spacial score (nSPS) is 17.4. The molecule has 0 unspecified atom stereocenters. The van der Waals surface area contributed by atoms with E-state index in [2.05, 4.69) is 11.2 Å². The van der Waals surface area contributed by atoms with Gasteiger partial charge < -0.3 is 4.52 Å². The minimum Gasteiger partial charge on any atom is -0.357 e. The molecule has 1 aliphatic rings. The molecular formula is C8H9NO. The van der Waals surface area contributed by atoms with Gasteiger partial charge in [0.05, 0.1) is 6.20 Å². The second kappa shape index (κ2) is 2.29. The smallest absolute Gasteiger partial charge is 0.162 e. The molecule has 0 fully saturated rings. The average molecular weight is 135 g/mol. The molecule has 1 heterocycles. The van der Waals surface area contributed by atoms with E-state index in [1.807, 2.05) is 6.07 Å². The van der Waals surface area contributed by atoms with Gasteiger partial charge in [-0.3, -0.25) is 0 Å². The molecule has 52 valence electrons. The Morgan fingerprint density at radius 3 is 3.10 bits per heavy atom. The second-order valence-electron chi connectivity index (χ2n) is 2.50. The molecule has 0 aromatic carbocycles. The van der Waals surface area contributed by atoms with Crippen LogP contribution in [-0.4, -0.2) is 5.16 Å². The quantitative estimate of drug-likeness (QED) is 0.590. The highest BCUT2D eigenvalue weighted by Gasteiger charge is 2.08. The largest absolute Gasteiger partial charge is 0.357 e. The van der Waals surface area contributed by atoms with Crippen molar-refractivity contribution in [3.8, 4) is 0 Å². The summed E-state index contributed by atoms with van der Waals surface area (Å²) >= 11 is 0.